The highest BCUT2D eigenvalue weighted by atomic mass is 32.1. The Bertz CT molecular complexity index is 148. The van der Waals surface area contributed by atoms with E-state index >= 15 is 0 Å². The fraction of sp³-hybridized carbons (Fsp3) is 0.900. The third-order valence-corrected chi connectivity index (χ3v) is 1.98. The molecule has 0 fully saturated rings. The summed E-state index contributed by atoms with van der Waals surface area (Å²) in [6.07, 6.45) is 3.21. The molecule has 2 N–H and O–H groups in total. The number of ether oxygens (including phenoxy) is 1. The second kappa shape index (κ2) is 7.27. The summed E-state index contributed by atoms with van der Waals surface area (Å²) in [7, 11) is 0. The van der Waals surface area contributed by atoms with Gasteiger partial charge in [-0.15, -0.1) is 0 Å². The maximum Gasteiger partial charge on any atom is 0.0728 e. The predicted molar refractivity (Wildman–Crippen MR) is 60.9 cm³/mol. The molecule has 1 atom stereocenters. The zero-order valence-electron chi connectivity index (χ0n) is 8.88. The van der Waals surface area contributed by atoms with Gasteiger partial charge in [0.15, 0.2) is 0 Å². The Hall–Kier alpha value is -0.150. The van der Waals surface area contributed by atoms with Crippen molar-refractivity contribution in [3.05, 3.63) is 0 Å². The summed E-state index contributed by atoms with van der Waals surface area (Å²) < 4.78 is 5.59. The first-order valence-electron chi connectivity index (χ1n) is 4.92. The Morgan fingerprint density at radius 3 is 2.46 bits per heavy atom. The molecule has 0 aliphatic carbocycles. The van der Waals surface area contributed by atoms with E-state index in [1.54, 1.807) is 0 Å². The molecule has 0 spiro atoms. The number of hydrogen-bond acceptors (Lipinski definition) is 2. The molecule has 0 saturated carbocycles. The molecule has 0 bridgehead atoms. The third kappa shape index (κ3) is 9.77. The second-order valence-corrected chi connectivity index (χ2v) is 4.41. The van der Waals surface area contributed by atoms with Crippen LogP contribution in [0.25, 0.3) is 0 Å². The first-order chi connectivity index (χ1) is 6.02. The summed E-state index contributed by atoms with van der Waals surface area (Å²) in [5, 5.41) is 0. The zero-order valence-corrected chi connectivity index (χ0v) is 9.69. The number of nitrogens with two attached hydrogens (primary N) is 1. The quantitative estimate of drug-likeness (QED) is 0.510. The lowest BCUT2D eigenvalue weighted by atomic mass is 10.1. The third-order valence-electron chi connectivity index (χ3n) is 1.77. The summed E-state index contributed by atoms with van der Waals surface area (Å²) in [6.45, 7) is 7.29. The van der Waals surface area contributed by atoms with Crippen LogP contribution in [0.3, 0.4) is 0 Å². The molecule has 0 heterocycles. The van der Waals surface area contributed by atoms with Gasteiger partial charge in [0.2, 0.25) is 0 Å². The lowest BCUT2D eigenvalue weighted by molar-refractivity contribution is 0.0513. The molecule has 0 rings (SSSR count). The van der Waals surface area contributed by atoms with Crippen molar-refractivity contribution in [2.45, 2.75) is 46.1 Å². The van der Waals surface area contributed by atoms with Crippen LogP contribution >= 0.6 is 12.2 Å². The van der Waals surface area contributed by atoms with E-state index < -0.39 is 0 Å². The molecule has 0 aromatic heterocycles. The smallest absolute Gasteiger partial charge is 0.0728 e. The summed E-state index contributed by atoms with van der Waals surface area (Å²) >= 11 is 4.77. The van der Waals surface area contributed by atoms with Gasteiger partial charge >= 0.3 is 0 Å². The van der Waals surface area contributed by atoms with E-state index in [1.165, 1.54) is 0 Å². The standard InChI is InChI=1S/C10H21NOS/c1-8(2)7-9(3)12-6-4-5-10(11)13/h8-9H,4-7H2,1-3H3,(H2,11,13). The first kappa shape index (κ1) is 12.8. The van der Waals surface area contributed by atoms with E-state index in [-0.39, 0.29) is 0 Å². The summed E-state index contributed by atoms with van der Waals surface area (Å²) in [5.74, 6) is 0.700. The Kier molecular flexibility index (Phi) is 7.19. The molecule has 13 heavy (non-hydrogen) atoms. The van der Waals surface area contributed by atoms with Crippen molar-refractivity contribution in [3.63, 3.8) is 0 Å². The van der Waals surface area contributed by atoms with E-state index in [0.717, 1.165) is 25.9 Å². The molecule has 78 valence electrons. The van der Waals surface area contributed by atoms with Gasteiger partial charge in [-0.25, -0.2) is 0 Å². The molecule has 0 aromatic rings. The van der Waals surface area contributed by atoms with Gasteiger partial charge in [-0.2, -0.15) is 0 Å². The van der Waals surface area contributed by atoms with Gasteiger partial charge in [0.05, 0.1) is 11.1 Å². The van der Waals surface area contributed by atoms with Crippen LogP contribution in [0.4, 0.5) is 0 Å². The van der Waals surface area contributed by atoms with Crippen molar-refractivity contribution >= 4 is 17.2 Å². The number of rotatable bonds is 7. The fourth-order valence-electron chi connectivity index (χ4n) is 1.26. The van der Waals surface area contributed by atoms with Gasteiger partial charge in [0.1, 0.15) is 0 Å². The highest BCUT2D eigenvalue weighted by Crippen LogP contribution is 2.07. The lowest BCUT2D eigenvalue weighted by Crippen LogP contribution is -2.14. The number of hydrogen-bond donors (Lipinski definition) is 1. The predicted octanol–water partition coefficient (Wildman–Crippen LogP) is 2.50. The minimum Gasteiger partial charge on any atom is -0.393 e. The fourth-order valence-corrected chi connectivity index (χ4v) is 1.41. The van der Waals surface area contributed by atoms with E-state index in [4.69, 9.17) is 22.7 Å². The van der Waals surface area contributed by atoms with Crippen LogP contribution in [0.2, 0.25) is 0 Å². The Morgan fingerprint density at radius 1 is 1.38 bits per heavy atom. The van der Waals surface area contributed by atoms with Crippen LogP contribution < -0.4 is 5.73 Å². The van der Waals surface area contributed by atoms with Crippen molar-refractivity contribution in [1.29, 1.82) is 0 Å². The van der Waals surface area contributed by atoms with E-state index in [1.807, 2.05) is 0 Å². The van der Waals surface area contributed by atoms with Gasteiger partial charge in [-0.3, -0.25) is 0 Å². The van der Waals surface area contributed by atoms with Crippen LogP contribution in [0.15, 0.2) is 0 Å². The normalized spacial score (nSPS) is 13.2. The topological polar surface area (TPSA) is 35.2 Å². The zero-order chi connectivity index (χ0) is 10.3. The minimum absolute atomic E-state index is 0.353. The summed E-state index contributed by atoms with van der Waals surface area (Å²) in [6, 6.07) is 0. The highest BCUT2D eigenvalue weighted by Gasteiger charge is 2.04. The largest absolute Gasteiger partial charge is 0.393 e. The molecule has 1 unspecified atom stereocenters. The minimum atomic E-state index is 0.353. The van der Waals surface area contributed by atoms with Gasteiger partial charge in [-0.1, -0.05) is 26.1 Å². The molecule has 3 heteroatoms. The SMILES string of the molecule is CC(C)CC(C)OCCCC(N)=S. The van der Waals surface area contributed by atoms with Crippen LogP contribution in [0.1, 0.15) is 40.0 Å². The lowest BCUT2D eigenvalue weighted by Gasteiger charge is -2.14. The van der Waals surface area contributed by atoms with Crippen molar-refractivity contribution in [2.75, 3.05) is 6.61 Å². The highest BCUT2D eigenvalue weighted by molar-refractivity contribution is 7.80. The van der Waals surface area contributed by atoms with E-state index in [2.05, 4.69) is 20.8 Å². The maximum atomic E-state index is 5.59. The average Bonchev–Trinajstić information content (AvgIpc) is 1.96. The van der Waals surface area contributed by atoms with Crippen LogP contribution in [-0.4, -0.2) is 17.7 Å². The maximum absolute atomic E-state index is 5.59. The molecule has 2 nitrogen and oxygen atoms in total. The van der Waals surface area contributed by atoms with E-state index in [9.17, 15) is 0 Å². The molecular formula is C10H21NOS. The number of thiocarbonyl (C=S) groups is 1. The van der Waals surface area contributed by atoms with Gasteiger partial charge in [0.25, 0.3) is 0 Å². The van der Waals surface area contributed by atoms with Crippen LogP contribution in [-0.2, 0) is 4.74 Å². The molecule has 0 aliphatic rings. The second-order valence-electron chi connectivity index (χ2n) is 3.88. The van der Waals surface area contributed by atoms with Gasteiger partial charge < -0.3 is 10.5 Å². The molecule has 0 aromatic carbocycles. The summed E-state index contributed by atoms with van der Waals surface area (Å²) in [4.78, 5) is 0.583. The van der Waals surface area contributed by atoms with Crippen molar-refractivity contribution in [2.24, 2.45) is 11.7 Å². The summed E-state index contributed by atoms with van der Waals surface area (Å²) in [5.41, 5.74) is 5.37. The van der Waals surface area contributed by atoms with E-state index in [0.29, 0.717) is 17.0 Å². The monoisotopic (exact) mass is 203 g/mol. The van der Waals surface area contributed by atoms with Crippen molar-refractivity contribution < 1.29 is 4.74 Å². The van der Waals surface area contributed by atoms with Crippen LogP contribution in [0, 0.1) is 5.92 Å². The Morgan fingerprint density at radius 2 is 2.00 bits per heavy atom. The van der Waals surface area contributed by atoms with Crippen LogP contribution in [0.5, 0.6) is 0 Å². The van der Waals surface area contributed by atoms with Gasteiger partial charge in [0, 0.05) is 6.61 Å². The molecular weight excluding hydrogens is 182 g/mol. The molecule has 0 radical (unpaired) electrons. The van der Waals surface area contributed by atoms with Crippen molar-refractivity contribution in [3.8, 4) is 0 Å². The van der Waals surface area contributed by atoms with Gasteiger partial charge in [-0.05, 0) is 32.1 Å². The average molecular weight is 203 g/mol. The first-order valence-corrected chi connectivity index (χ1v) is 5.33. The van der Waals surface area contributed by atoms with Crippen molar-refractivity contribution in [1.82, 2.24) is 0 Å². The Balaban J connectivity index is 3.26. The molecule has 0 amide bonds. The molecule has 0 saturated heterocycles. The Labute approximate surface area is 86.8 Å². The molecule has 0 aliphatic heterocycles.